The summed E-state index contributed by atoms with van der Waals surface area (Å²) in [5, 5.41) is 18.8. The molecule has 0 radical (unpaired) electrons. The molecular formula is C17H15N5O. The van der Waals surface area contributed by atoms with Gasteiger partial charge in [0.1, 0.15) is 11.6 Å². The van der Waals surface area contributed by atoms with Crippen LogP contribution in [0.15, 0.2) is 48.5 Å². The van der Waals surface area contributed by atoms with Gasteiger partial charge in [-0.2, -0.15) is 5.10 Å². The van der Waals surface area contributed by atoms with Crippen molar-refractivity contribution in [3.63, 3.8) is 0 Å². The van der Waals surface area contributed by atoms with Gasteiger partial charge < -0.3 is 16.2 Å². The Morgan fingerprint density at radius 3 is 2.61 bits per heavy atom. The van der Waals surface area contributed by atoms with Crippen molar-refractivity contribution in [2.75, 3.05) is 11.1 Å². The van der Waals surface area contributed by atoms with E-state index in [0.29, 0.717) is 11.6 Å². The van der Waals surface area contributed by atoms with Crippen LogP contribution in [-0.2, 0) is 7.05 Å². The predicted octanol–water partition coefficient (Wildman–Crippen LogP) is 3.15. The van der Waals surface area contributed by atoms with Gasteiger partial charge >= 0.3 is 0 Å². The molecule has 114 valence electrons. The normalized spacial score (nSPS) is 11.2. The minimum absolute atomic E-state index is 0.216. The Bertz CT molecular complexity index is 1020. The van der Waals surface area contributed by atoms with E-state index < -0.39 is 0 Å². The number of phenols is 1. The highest BCUT2D eigenvalue weighted by molar-refractivity contribution is 6.12. The second-order valence-corrected chi connectivity index (χ2v) is 5.38. The van der Waals surface area contributed by atoms with Crippen molar-refractivity contribution in [3.05, 3.63) is 48.5 Å². The summed E-state index contributed by atoms with van der Waals surface area (Å²) in [7, 11) is 1.87. The molecular weight excluding hydrogens is 290 g/mol. The molecule has 6 heteroatoms. The molecule has 0 amide bonds. The number of pyridine rings is 1. The van der Waals surface area contributed by atoms with Crippen molar-refractivity contribution in [2.24, 2.45) is 7.05 Å². The molecule has 0 fully saturated rings. The Morgan fingerprint density at radius 2 is 1.83 bits per heavy atom. The standard InChI is InChI=1S/C17H15N5O/c1-22-15-12-4-2-3-5-13(12)20-17(14(15)16(18)21-22)19-10-6-8-11(23)9-7-10/h2-9,23H,1H3,(H2,18,21)(H,19,20). The summed E-state index contributed by atoms with van der Waals surface area (Å²) in [5.41, 5.74) is 8.71. The molecule has 0 aliphatic rings. The van der Waals surface area contributed by atoms with Crippen molar-refractivity contribution in [1.82, 2.24) is 14.8 Å². The van der Waals surface area contributed by atoms with E-state index in [1.807, 2.05) is 31.3 Å². The Balaban J connectivity index is 1.98. The Hall–Kier alpha value is -3.28. The molecule has 0 atom stereocenters. The SMILES string of the molecule is Cn1nc(N)c2c(Nc3ccc(O)cc3)nc3ccccc3c21. The molecule has 0 bridgehead atoms. The van der Waals surface area contributed by atoms with Crippen LogP contribution in [0, 0.1) is 0 Å². The third-order valence-electron chi connectivity index (χ3n) is 3.83. The van der Waals surface area contributed by atoms with Gasteiger partial charge in [0, 0.05) is 18.1 Å². The number of benzene rings is 2. The summed E-state index contributed by atoms with van der Waals surface area (Å²) >= 11 is 0. The van der Waals surface area contributed by atoms with E-state index in [2.05, 4.69) is 15.4 Å². The molecule has 0 spiro atoms. The Labute approximate surface area is 132 Å². The third kappa shape index (κ3) is 2.12. The van der Waals surface area contributed by atoms with E-state index in [1.54, 1.807) is 28.9 Å². The number of aromatic hydroxyl groups is 1. The van der Waals surface area contributed by atoms with Gasteiger partial charge in [-0.3, -0.25) is 4.68 Å². The zero-order chi connectivity index (χ0) is 16.0. The summed E-state index contributed by atoms with van der Waals surface area (Å²) in [6.45, 7) is 0. The molecule has 2 aromatic heterocycles. The van der Waals surface area contributed by atoms with Crippen LogP contribution < -0.4 is 11.1 Å². The van der Waals surface area contributed by atoms with Crippen LogP contribution in [0.1, 0.15) is 0 Å². The van der Waals surface area contributed by atoms with Gasteiger partial charge in [0.25, 0.3) is 0 Å². The molecule has 0 aliphatic carbocycles. The Kier molecular flexibility index (Phi) is 2.84. The van der Waals surface area contributed by atoms with E-state index in [4.69, 9.17) is 5.73 Å². The molecule has 0 saturated heterocycles. The summed E-state index contributed by atoms with van der Waals surface area (Å²) in [4.78, 5) is 4.69. The topological polar surface area (TPSA) is 89.0 Å². The van der Waals surface area contributed by atoms with Gasteiger partial charge in [-0.1, -0.05) is 18.2 Å². The maximum Gasteiger partial charge on any atom is 0.157 e. The van der Waals surface area contributed by atoms with Gasteiger partial charge in [0.2, 0.25) is 0 Å². The number of fused-ring (bicyclic) bond motifs is 3. The van der Waals surface area contributed by atoms with Gasteiger partial charge in [-0.15, -0.1) is 0 Å². The van der Waals surface area contributed by atoms with Crippen LogP contribution in [0.25, 0.3) is 21.8 Å². The third-order valence-corrected chi connectivity index (χ3v) is 3.83. The first-order valence-corrected chi connectivity index (χ1v) is 7.20. The molecule has 4 rings (SSSR count). The van der Waals surface area contributed by atoms with Crippen LogP contribution in [-0.4, -0.2) is 19.9 Å². The van der Waals surface area contributed by atoms with E-state index in [-0.39, 0.29) is 5.75 Å². The predicted molar refractivity (Wildman–Crippen MR) is 91.8 cm³/mol. The molecule has 2 aromatic carbocycles. The number of aryl methyl sites for hydroxylation is 1. The first-order chi connectivity index (χ1) is 11.1. The van der Waals surface area contributed by atoms with E-state index in [9.17, 15) is 5.11 Å². The van der Waals surface area contributed by atoms with Crippen molar-refractivity contribution >= 4 is 39.1 Å². The van der Waals surface area contributed by atoms with Gasteiger partial charge in [0.15, 0.2) is 5.82 Å². The summed E-state index contributed by atoms with van der Waals surface area (Å²) in [6, 6.07) is 14.7. The summed E-state index contributed by atoms with van der Waals surface area (Å²) in [6.07, 6.45) is 0. The maximum atomic E-state index is 9.41. The molecule has 0 unspecified atom stereocenters. The minimum Gasteiger partial charge on any atom is -0.508 e. The average molecular weight is 305 g/mol. The largest absolute Gasteiger partial charge is 0.508 e. The monoisotopic (exact) mass is 305 g/mol. The fourth-order valence-corrected chi connectivity index (χ4v) is 2.81. The number of nitrogens with one attached hydrogen (secondary N) is 1. The first kappa shape index (κ1) is 13.4. The average Bonchev–Trinajstić information content (AvgIpc) is 2.85. The summed E-state index contributed by atoms with van der Waals surface area (Å²) in [5.74, 6) is 1.30. The number of phenolic OH excluding ortho intramolecular Hbond substituents is 1. The molecule has 2 heterocycles. The zero-order valence-corrected chi connectivity index (χ0v) is 12.5. The quantitative estimate of drug-likeness (QED) is 0.495. The van der Waals surface area contributed by atoms with E-state index in [0.717, 1.165) is 27.5 Å². The minimum atomic E-state index is 0.216. The van der Waals surface area contributed by atoms with Crippen LogP contribution in [0.2, 0.25) is 0 Å². The second-order valence-electron chi connectivity index (χ2n) is 5.38. The van der Waals surface area contributed by atoms with E-state index >= 15 is 0 Å². The highest BCUT2D eigenvalue weighted by Crippen LogP contribution is 2.34. The highest BCUT2D eigenvalue weighted by Gasteiger charge is 2.16. The first-order valence-electron chi connectivity index (χ1n) is 7.20. The van der Waals surface area contributed by atoms with Gasteiger partial charge in [-0.05, 0) is 30.3 Å². The lowest BCUT2D eigenvalue weighted by Gasteiger charge is -2.10. The van der Waals surface area contributed by atoms with E-state index in [1.165, 1.54) is 0 Å². The molecule has 23 heavy (non-hydrogen) atoms. The lowest BCUT2D eigenvalue weighted by atomic mass is 10.1. The Morgan fingerprint density at radius 1 is 1.09 bits per heavy atom. The zero-order valence-electron chi connectivity index (χ0n) is 12.5. The van der Waals surface area contributed by atoms with Gasteiger partial charge in [0.05, 0.1) is 16.4 Å². The smallest absolute Gasteiger partial charge is 0.157 e. The number of nitrogens with two attached hydrogens (primary N) is 1. The van der Waals surface area contributed by atoms with Crippen LogP contribution in [0.4, 0.5) is 17.3 Å². The van der Waals surface area contributed by atoms with Crippen molar-refractivity contribution in [2.45, 2.75) is 0 Å². The number of para-hydroxylation sites is 1. The molecule has 6 nitrogen and oxygen atoms in total. The van der Waals surface area contributed by atoms with Crippen LogP contribution in [0.3, 0.4) is 0 Å². The number of anilines is 3. The second kappa shape index (κ2) is 4.88. The van der Waals surface area contributed by atoms with Crippen molar-refractivity contribution in [3.8, 4) is 5.75 Å². The lowest BCUT2D eigenvalue weighted by Crippen LogP contribution is -1.97. The summed E-state index contributed by atoms with van der Waals surface area (Å²) < 4.78 is 1.77. The number of aromatic nitrogens is 3. The van der Waals surface area contributed by atoms with Crippen molar-refractivity contribution in [1.29, 1.82) is 0 Å². The molecule has 0 saturated carbocycles. The fourth-order valence-electron chi connectivity index (χ4n) is 2.81. The number of nitrogens with zero attached hydrogens (tertiary/aromatic N) is 3. The maximum absolute atomic E-state index is 9.41. The number of nitrogen functional groups attached to an aromatic ring is 1. The van der Waals surface area contributed by atoms with Gasteiger partial charge in [-0.25, -0.2) is 4.98 Å². The molecule has 0 aliphatic heterocycles. The molecule has 4 N–H and O–H groups in total. The lowest BCUT2D eigenvalue weighted by molar-refractivity contribution is 0.475. The number of hydrogen-bond acceptors (Lipinski definition) is 5. The highest BCUT2D eigenvalue weighted by atomic mass is 16.3. The van der Waals surface area contributed by atoms with Crippen LogP contribution in [0.5, 0.6) is 5.75 Å². The van der Waals surface area contributed by atoms with Crippen molar-refractivity contribution < 1.29 is 5.11 Å². The fraction of sp³-hybridized carbons (Fsp3) is 0.0588. The molecule has 4 aromatic rings. The van der Waals surface area contributed by atoms with Crippen LogP contribution >= 0.6 is 0 Å². The number of rotatable bonds is 2. The number of hydrogen-bond donors (Lipinski definition) is 3.